The van der Waals surface area contributed by atoms with Crippen molar-refractivity contribution in [3.8, 4) is 0 Å². The van der Waals surface area contributed by atoms with Crippen LogP contribution in [-0.2, 0) is 16.6 Å². The van der Waals surface area contributed by atoms with Crippen LogP contribution < -0.4 is 10.0 Å². The number of halogens is 1. The molecule has 0 fully saturated rings. The number of anilines is 1. The summed E-state index contributed by atoms with van der Waals surface area (Å²) in [6, 6.07) is 13.2. The lowest BCUT2D eigenvalue weighted by Crippen LogP contribution is -2.24. The summed E-state index contributed by atoms with van der Waals surface area (Å²) in [4.78, 5) is 16.4. The standard InChI is InChI=1S/C20H18FN3O3S/c1-14-8-9-16(28(26,27)24-19-7-3-2-6-18(19)21)11-17(14)20(25)23-13-15-5-4-10-22-12-15/h2-12,24H,13H2,1H3,(H,23,25). The molecule has 0 aliphatic carbocycles. The molecule has 0 saturated carbocycles. The van der Waals surface area contributed by atoms with Gasteiger partial charge in [0.2, 0.25) is 0 Å². The Labute approximate surface area is 162 Å². The van der Waals surface area contributed by atoms with E-state index in [1.54, 1.807) is 25.4 Å². The molecule has 144 valence electrons. The predicted octanol–water partition coefficient (Wildman–Crippen LogP) is 3.26. The van der Waals surface area contributed by atoms with E-state index in [-0.39, 0.29) is 22.7 Å². The van der Waals surface area contributed by atoms with Crippen LogP contribution in [0.15, 0.2) is 71.9 Å². The number of rotatable bonds is 6. The third-order valence-corrected chi connectivity index (χ3v) is 5.42. The molecule has 6 nitrogen and oxygen atoms in total. The number of carbonyl (C=O) groups is 1. The smallest absolute Gasteiger partial charge is 0.262 e. The molecule has 2 aromatic carbocycles. The van der Waals surface area contributed by atoms with Crippen LogP contribution >= 0.6 is 0 Å². The van der Waals surface area contributed by atoms with Crippen LogP contribution in [0, 0.1) is 12.7 Å². The first-order valence-electron chi connectivity index (χ1n) is 8.42. The van der Waals surface area contributed by atoms with Gasteiger partial charge in [-0.15, -0.1) is 0 Å². The van der Waals surface area contributed by atoms with Crippen LogP contribution in [0.1, 0.15) is 21.5 Å². The van der Waals surface area contributed by atoms with Gasteiger partial charge >= 0.3 is 0 Å². The van der Waals surface area contributed by atoms with Crippen molar-refractivity contribution in [2.75, 3.05) is 4.72 Å². The number of hydrogen-bond donors (Lipinski definition) is 2. The first-order valence-corrected chi connectivity index (χ1v) is 9.90. The molecule has 1 heterocycles. The molecule has 28 heavy (non-hydrogen) atoms. The van der Waals surface area contributed by atoms with E-state index in [1.165, 1.54) is 36.4 Å². The number of aromatic nitrogens is 1. The van der Waals surface area contributed by atoms with Crippen LogP contribution in [-0.4, -0.2) is 19.3 Å². The van der Waals surface area contributed by atoms with Gasteiger partial charge in [-0.3, -0.25) is 14.5 Å². The number of para-hydroxylation sites is 1. The van der Waals surface area contributed by atoms with Crippen molar-refractivity contribution in [1.82, 2.24) is 10.3 Å². The number of hydrogen-bond acceptors (Lipinski definition) is 4. The molecular weight excluding hydrogens is 381 g/mol. The van der Waals surface area contributed by atoms with Crippen LogP contribution in [0.3, 0.4) is 0 Å². The third kappa shape index (κ3) is 4.52. The van der Waals surface area contributed by atoms with E-state index >= 15 is 0 Å². The highest BCUT2D eigenvalue weighted by atomic mass is 32.2. The quantitative estimate of drug-likeness (QED) is 0.666. The molecule has 0 radical (unpaired) electrons. The van der Waals surface area contributed by atoms with E-state index in [9.17, 15) is 17.6 Å². The topological polar surface area (TPSA) is 88.2 Å². The van der Waals surface area contributed by atoms with Crippen molar-refractivity contribution in [2.45, 2.75) is 18.4 Å². The fraction of sp³-hybridized carbons (Fsp3) is 0.100. The van der Waals surface area contributed by atoms with Crippen molar-refractivity contribution in [3.63, 3.8) is 0 Å². The van der Waals surface area contributed by atoms with Gasteiger partial charge in [-0.2, -0.15) is 0 Å². The maximum Gasteiger partial charge on any atom is 0.262 e. The van der Waals surface area contributed by atoms with E-state index in [2.05, 4.69) is 15.0 Å². The molecule has 2 N–H and O–H groups in total. The van der Waals surface area contributed by atoms with E-state index in [0.717, 1.165) is 11.6 Å². The normalized spacial score (nSPS) is 11.1. The molecule has 0 aliphatic heterocycles. The van der Waals surface area contributed by atoms with Crippen molar-refractivity contribution < 1.29 is 17.6 Å². The van der Waals surface area contributed by atoms with Gasteiger partial charge in [-0.1, -0.05) is 24.3 Å². The summed E-state index contributed by atoms with van der Waals surface area (Å²) in [5.74, 6) is -1.10. The van der Waals surface area contributed by atoms with E-state index in [4.69, 9.17) is 0 Å². The summed E-state index contributed by atoms with van der Waals surface area (Å²) in [6.07, 6.45) is 3.26. The first kappa shape index (κ1) is 19.5. The van der Waals surface area contributed by atoms with Gasteiger partial charge in [0.25, 0.3) is 15.9 Å². The van der Waals surface area contributed by atoms with Crippen molar-refractivity contribution in [3.05, 3.63) is 89.5 Å². The largest absolute Gasteiger partial charge is 0.348 e. The zero-order chi connectivity index (χ0) is 20.1. The summed E-state index contributed by atoms with van der Waals surface area (Å²) in [5.41, 5.74) is 1.50. The Balaban J connectivity index is 1.82. The highest BCUT2D eigenvalue weighted by molar-refractivity contribution is 7.92. The van der Waals surface area contributed by atoms with E-state index in [0.29, 0.717) is 5.56 Å². The number of benzene rings is 2. The number of nitrogens with zero attached hydrogens (tertiary/aromatic N) is 1. The second-order valence-corrected chi connectivity index (χ2v) is 7.79. The second kappa shape index (κ2) is 8.18. The van der Waals surface area contributed by atoms with Gasteiger partial charge in [0.15, 0.2) is 0 Å². The molecule has 0 unspecified atom stereocenters. The molecular formula is C20H18FN3O3S. The molecule has 0 bridgehead atoms. The second-order valence-electron chi connectivity index (χ2n) is 6.11. The first-order chi connectivity index (χ1) is 13.4. The lowest BCUT2D eigenvalue weighted by molar-refractivity contribution is 0.0950. The minimum Gasteiger partial charge on any atom is -0.348 e. The van der Waals surface area contributed by atoms with Crippen molar-refractivity contribution in [1.29, 1.82) is 0 Å². The Hall–Kier alpha value is -3.26. The molecule has 3 aromatic rings. The van der Waals surface area contributed by atoms with Crippen LogP contribution in [0.25, 0.3) is 0 Å². The number of pyridine rings is 1. The van der Waals surface area contributed by atoms with Crippen LogP contribution in [0.2, 0.25) is 0 Å². The Morgan fingerprint density at radius 2 is 1.89 bits per heavy atom. The molecule has 0 atom stereocenters. The summed E-state index contributed by atoms with van der Waals surface area (Å²) in [7, 11) is -4.06. The third-order valence-electron chi connectivity index (χ3n) is 4.06. The van der Waals surface area contributed by atoms with Crippen molar-refractivity contribution in [2.24, 2.45) is 0 Å². The van der Waals surface area contributed by atoms with Crippen molar-refractivity contribution >= 4 is 21.6 Å². The minimum atomic E-state index is -4.06. The van der Waals surface area contributed by atoms with E-state index in [1.807, 2.05) is 6.07 Å². The molecule has 0 saturated heterocycles. The molecule has 3 rings (SSSR count). The Kier molecular flexibility index (Phi) is 5.70. The van der Waals surface area contributed by atoms with Gasteiger partial charge in [-0.25, -0.2) is 12.8 Å². The molecule has 1 aromatic heterocycles. The average Bonchev–Trinajstić information content (AvgIpc) is 2.69. The highest BCUT2D eigenvalue weighted by Gasteiger charge is 2.19. The molecule has 8 heteroatoms. The Morgan fingerprint density at radius 3 is 2.61 bits per heavy atom. The highest BCUT2D eigenvalue weighted by Crippen LogP contribution is 2.21. The monoisotopic (exact) mass is 399 g/mol. The zero-order valence-electron chi connectivity index (χ0n) is 15.0. The van der Waals surface area contributed by atoms with Gasteiger partial charge in [0.1, 0.15) is 5.82 Å². The van der Waals surface area contributed by atoms with E-state index < -0.39 is 21.7 Å². The lowest BCUT2D eigenvalue weighted by Gasteiger charge is -2.12. The molecule has 0 aliphatic rings. The lowest BCUT2D eigenvalue weighted by atomic mass is 10.1. The van der Waals surface area contributed by atoms with Crippen LogP contribution in [0.4, 0.5) is 10.1 Å². The number of aryl methyl sites for hydroxylation is 1. The number of carbonyl (C=O) groups excluding carboxylic acids is 1. The fourth-order valence-corrected chi connectivity index (χ4v) is 3.63. The summed E-state index contributed by atoms with van der Waals surface area (Å²) >= 11 is 0. The fourth-order valence-electron chi connectivity index (χ4n) is 2.54. The molecule has 0 spiro atoms. The van der Waals surface area contributed by atoms with Gasteiger partial charge in [0, 0.05) is 24.5 Å². The Morgan fingerprint density at radius 1 is 1.11 bits per heavy atom. The summed E-state index contributed by atoms with van der Waals surface area (Å²) < 4.78 is 41.2. The summed E-state index contributed by atoms with van der Waals surface area (Å²) in [6.45, 7) is 1.97. The minimum absolute atomic E-state index is 0.132. The Bertz CT molecular complexity index is 1100. The zero-order valence-corrected chi connectivity index (χ0v) is 15.8. The average molecular weight is 399 g/mol. The van der Waals surface area contributed by atoms with Gasteiger partial charge in [0.05, 0.1) is 10.6 Å². The van der Waals surface area contributed by atoms with Crippen LogP contribution in [0.5, 0.6) is 0 Å². The van der Waals surface area contributed by atoms with Gasteiger partial charge in [-0.05, 0) is 48.4 Å². The maximum absolute atomic E-state index is 13.8. The predicted molar refractivity (Wildman–Crippen MR) is 104 cm³/mol. The maximum atomic E-state index is 13.8. The SMILES string of the molecule is Cc1ccc(S(=O)(=O)Nc2ccccc2F)cc1C(=O)NCc1cccnc1. The summed E-state index contributed by atoms with van der Waals surface area (Å²) in [5, 5.41) is 2.74. The number of sulfonamides is 1. The molecule has 1 amide bonds. The number of nitrogens with one attached hydrogen (secondary N) is 2. The van der Waals surface area contributed by atoms with Gasteiger partial charge < -0.3 is 5.32 Å². The number of amides is 1.